The normalized spacial score (nSPS) is 22.8. The molecule has 3 rings (SSSR count). The molecule has 4 atom stereocenters. The van der Waals surface area contributed by atoms with Crippen molar-refractivity contribution < 1.29 is 4.74 Å². The lowest BCUT2D eigenvalue weighted by molar-refractivity contribution is -0.0724. The van der Waals surface area contributed by atoms with Gasteiger partial charge in [0, 0.05) is 17.8 Å². The van der Waals surface area contributed by atoms with Crippen LogP contribution in [0.15, 0.2) is 97.2 Å². The summed E-state index contributed by atoms with van der Waals surface area (Å²) in [5.74, 6) is 0.461. The van der Waals surface area contributed by atoms with Crippen LogP contribution in [0.3, 0.4) is 0 Å². The van der Waals surface area contributed by atoms with Crippen LogP contribution < -0.4 is 10.6 Å². The van der Waals surface area contributed by atoms with E-state index in [0.29, 0.717) is 18.6 Å². The fourth-order valence-electron chi connectivity index (χ4n) is 5.25. The van der Waals surface area contributed by atoms with E-state index in [1.807, 2.05) is 6.07 Å². The van der Waals surface area contributed by atoms with Crippen LogP contribution in [0, 0.1) is 5.92 Å². The van der Waals surface area contributed by atoms with Gasteiger partial charge in [-0.2, -0.15) is 0 Å². The first-order valence-electron chi connectivity index (χ1n) is 13.0. The third kappa shape index (κ3) is 7.95. The van der Waals surface area contributed by atoms with Crippen molar-refractivity contribution in [2.45, 2.75) is 77.2 Å². The van der Waals surface area contributed by atoms with Crippen LogP contribution in [0.25, 0.3) is 0 Å². The summed E-state index contributed by atoms with van der Waals surface area (Å²) in [6.07, 6.45) is 5.02. The molecule has 0 aromatic heterocycles. The summed E-state index contributed by atoms with van der Waals surface area (Å²) in [5.41, 5.74) is 5.60. The van der Waals surface area contributed by atoms with Gasteiger partial charge in [-0.05, 0) is 82.0 Å². The maximum absolute atomic E-state index is 6.66. The summed E-state index contributed by atoms with van der Waals surface area (Å²) in [5, 5.41) is 7.45. The molecule has 0 bridgehead atoms. The molecule has 3 nitrogen and oxygen atoms in total. The van der Waals surface area contributed by atoms with Crippen LogP contribution in [0.2, 0.25) is 0 Å². The summed E-state index contributed by atoms with van der Waals surface area (Å²) in [6.45, 7) is 20.6. The molecule has 0 heterocycles. The first-order valence-corrected chi connectivity index (χ1v) is 13.0. The molecule has 188 valence electrons. The molecule has 2 N–H and O–H groups in total. The molecule has 1 aliphatic carbocycles. The number of ether oxygens (including phenoxy) is 1. The van der Waals surface area contributed by atoms with Gasteiger partial charge in [0.05, 0.1) is 12.2 Å². The number of nitrogens with one attached hydrogen (secondary N) is 2. The number of benzene rings is 2. The lowest BCUT2D eigenvalue weighted by Crippen LogP contribution is -2.49. The first-order chi connectivity index (χ1) is 16.8. The van der Waals surface area contributed by atoms with Crippen LogP contribution in [0.4, 0.5) is 0 Å². The molecule has 0 radical (unpaired) electrons. The Labute approximate surface area is 213 Å². The van der Waals surface area contributed by atoms with Gasteiger partial charge >= 0.3 is 0 Å². The zero-order valence-corrected chi connectivity index (χ0v) is 22.0. The molecule has 3 heteroatoms. The van der Waals surface area contributed by atoms with Crippen LogP contribution in [0.1, 0.15) is 57.6 Å². The predicted molar refractivity (Wildman–Crippen MR) is 149 cm³/mol. The zero-order valence-electron chi connectivity index (χ0n) is 22.0. The Morgan fingerprint density at radius 1 is 0.971 bits per heavy atom. The minimum Gasteiger partial charge on any atom is -0.386 e. The summed E-state index contributed by atoms with van der Waals surface area (Å²) in [7, 11) is 0. The van der Waals surface area contributed by atoms with Crippen molar-refractivity contribution in [3.05, 3.63) is 108 Å². The van der Waals surface area contributed by atoms with E-state index in [4.69, 9.17) is 4.74 Å². The lowest BCUT2D eigenvalue weighted by Gasteiger charge is -2.46. The Morgan fingerprint density at radius 3 is 2.17 bits per heavy atom. The Bertz CT molecular complexity index is 968. The second-order valence-corrected chi connectivity index (χ2v) is 10.4. The second-order valence-electron chi connectivity index (χ2n) is 10.4. The predicted octanol–water partition coefficient (Wildman–Crippen LogP) is 6.98. The number of hydrogen-bond acceptors (Lipinski definition) is 3. The van der Waals surface area contributed by atoms with Crippen LogP contribution in [-0.2, 0) is 17.8 Å². The molecule has 1 saturated carbocycles. The molecule has 35 heavy (non-hydrogen) atoms. The molecule has 0 saturated heterocycles. The highest BCUT2D eigenvalue weighted by Gasteiger charge is 2.42. The SMILES string of the molecule is C=C(C)NC1CCC(OCc2ccccc2)(C(=C)C)CC1CCNC(Cc1ccccc1)C(=C)C. The molecule has 0 spiro atoms. The number of rotatable bonds is 13. The van der Waals surface area contributed by atoms with E-state index in [1.165, 1.54) is 16.7 Å². The lowest BCUT2D eigenvalue weighted by atomic mass is 9.71. The van der Waals surface area contributed by atoms with Crippen LogP contribution in [-0.4, -0.2) is 24.2 Å². The molecular weight excluding hydrogens is 428 g/mol. The monoisotopic (exact) mass is 472 g/mol. The highest BCUT2D eigenvalue weighted by molar-refractivity contribution is 5.20. The molecule has 2 aromatic carbocycles. The summed E-state index contributed by atoms with van der Waals surface area (Å²) in [6, 6.07) is 21.8. The van der Waals surface area contributed by atoms with Crippen molar-refractivity contribution in [1.29, 1.82) is 0 Å². The van der Waals surface area contributed by atoms with Gasteiger partial charge in [0.1, 0.15) is 0 Å². The van der Waals surface area contributed by atoms with Crippen LogP contribution in [0.5, 0.6) is 0 Å². The van der Waals surface area contributed by atoms with Crippen molar-refractivity contribution in [3.8, 4) is 0 Å². The minimum absolute atomic E-state index is 0.272. The van der Waals surface area contributed by atoms with E-state index in [2.05, 4.69) is 106 Å². The smallest absolute Gasteiger partial charge is 0.0895 e. The maximum atomic E-state index is 6.66. The van der Waals surface area contributed by atoms with Crippen molar-refractivity contribution >= 4 is 0 Å². The highest BCUT2D eigenvalue weighted by atomic mass is 16.5. The zero-order chi connectivity index (χ0) is 25.3. The molecule has 4 unspecified atom stereocenters. The average molecular weight is 473 g/mol. The summed E-state index contributed by atoms with van der Waals surface area (Å²) >= 11 is 0. The van der Waals surface area contributed by atoms with Gasteiger partial charge in [0.25, 0.3) is 0 Å². The van der Waals surface area contributed by atoms with E-state index < -0.39 is 0 Å². The van der Waals surface area contributed by atoms with Crippen molar-refractivity contribution in [2.75, 3.05) is 6.54 Å². The van der Waals surface area contributed by atoms with E-state index in [-0.39, 0.29) is 11.6 Å². The number of hydrogen-bond donors (Lipinski definition) is 2. The second kappa shape index (κ2) is 12.9. The quantitative estimate of drug-likeness (QED) is 0.309. The van der Waals surface area contributed by atoms with Gasteiger partial charge < -0.3 is 15.4 Å². The topological polar surface area (TPSA) is 33.3 Å². The molecule has 0 amide bonds. The van der Waals surface area contributed by atoms with Gasteiger partial charge in [-0.1, -0.05) is 86.0 Å². The maximum Gasteiger partial charge on any atom is 0.0895 e. The van der Waals surface area contributed by atoms with Crippen molar-refractivity contribution in [2.24, 2.45) is 5.92 Å². The van der Waals surface area contributed by atoms with E-state index in [9.17, 15) is 0 Å². The Kier molecular flexibility index (Phi) is 9.94. The van der Waals surface area contributed by atoms with E-state index >= 15 is 0 Å². The minimum atomic E-state index is -0.286. The molecule has 1 fully saturated rings. The summed E-state index contributed by atoms with van der Waals surface area (Å²) < 4.78 is 6.66. The van der Waals surface area contributed by atoms with Crippen LogP contribution >= 0.6 is 0 Å². The Morgan fingerprint density at radius 2 is 1.60 bits per heavy atom. The van der Waals surface area contributed by atoms with Crippen molar-refractivity contribution in [1.82, 2.24) is 10.6 Å². The Hall–Kier alpha value is -2.62. The van der Waals surface area contributed by atoms with Gasteiger partial charge in [-0.3, -0.25) is 0 Å². The molecule has 1 aliphatic rings. The Balaban J connectivity index is 1.67. The fourth-order valence-corrected chi connectivity index (χ4v) is 5.25. The fraction of sp³-hybridized carbons (Fsp3) is 0.438. The third-order valence-electron chi connectivity index (χ3n) is 7.37. The number of allylic oxidation sites excluding steroid dienone is 1. The largest absolute Gasteiger partial charge is 0.386 e. The third-order valence-corrected chi connectivity index (χ3v) is 7.37. The van der Waals surface area contributed by atoms with E-state index in [1.54, 1.807) is 0 Å². The van der Waals surface area contributed by atoms with Crippen molar-refractivity contribution in [3.63, 3.8) is 0 Å². The van der Waals surface area contributed by atoms with Gasteiger partial charge in [-0.25, -0.2) is 0 Å². The first kappa shape index (κ1) is 27.0. The van der Waals surface area contributed by atoms with Gasteiger partial charge in [0.2, 0.25) is 0 Å². The molecule has 2 aromatic rings. The van der Waals surface area contributed by atoms with E-state index in [0.717, 1.165) is 49.9 Å². The standard InChI is InChI=1S/C32H44N2O/c1-24(2)31(21-27-13-9-7-10-14-27)33-20-18-29-22-32(25(3)4,19-17-30(29)34-26(5)6)35-23-28-15-11-8-12-16-28/h7-16,29-31,33-34H,1,3,5,17-23H2,2,4,6H3. The van der Waals surface area contributed by atoms with Gasteiger partial charge in [0.15, 0.2) is 0 Å². The molecule has 0 aliphatic heterocycles. The average Bonchev–Trinajstić information content (AvgIpc) is 2.84. The highest BCUT2D eigenvalue weighted by Crippen LogP contribution is 2.42. The van der Waals surface area contributed by atoms with Gasteiger partial charge in [-0.15, -0.1) is 0 Å². The molecular formula is C32H44N2O. The summed E-state index contributed by atoms with van der Waals surface area (Å²) in [4.78, 5) is 0.